The number of fused-ring (bicyclic) bond motifs is 1. The van der Waals surface area contributed by atoms with Crippen LogP contribution >= 0.6 is 0 Å². The van der Waals surface area contributed by atoms with Crippen LogP contribution in [0.15, 0.2) is 70.8 Å². The number of nitrogens with one attached hydrogen (secondary N) is 1. The number of benzene rings is 2. The van der Waals surface area contributed by atoms with Crippen molar-refractivity contribution in [3.63, 3.8) is 0 Å². The monoisotopic (exact) mass is 433 g/mol. The molecule has 0 aliphatic carbocycles. The van der Waals surface area contributed by atoms with Gasteiger partial charge in [-0.05, 0) is 62.5 Å². The van der Waals surface area contributed by atoms with Crippen molar-refractivity contribution in [2.45, 2.75) is 45.5 Å². The van der Waals surface area contributed by atoms with Crippen molar-refractivity contribution >= 4 is 30.3 Å². The normalized spacial score (nSPS) is 17.5. The Morgan fingerprint density at radius 1 is 1.03 bits per heavy atom. The lowest BCUT2D eigenvalue weighted by atomic mass is 9.77. The minimum absolute atomic E-state index is 0.208. The maximum Gasteiger partial charge on any atom is 0.492 e. The van der Waals surface area contributed by atoms with Gasteiger partial charge in [-0.2, -0.15) is 0 Å². The first-order chi connectivity index (χ1) is 15.2. The number of hydrogen-bond donors (Lipinski definition) is 1. The van der Waals surface area contributed by atoms with Crippen LogP contribution in [0.1, 0.15) is 38.8 Å². The van der Waals surface area contributed by atoms with Crippen molar-refractivity contribution in [1.29, 1.82) is 0 Å². The van der Waals surface area contributed by atoms with Gasteiger partial charge in [0.05, 0.1) is 17.5 Å². The van der Waals surface area contributed by atoms with Crippen molar-refractivity contribution in [2.24, 2.45) is 0 Å². The lowest BCUT2D eigenvalue weighted by Crippen LogP contribution is -2.41. The Hall–Kier alpha value is -3.03. The Morgan fingerprint density at radius 3 is 2.47 bits per heavy atom. The third kappa shape index (κ3) is 4.90. The standard InChI is InChI=1S/C25H28BNO5/c1-24(2)25(3,4)32-26(31-24)21(15-19-10-11-22-20(14-19)12-13-29-22)16-27-23(28)30-17-18-8-6-5-7-9-18/h5-15H,16-17H2,1-4H3,(H,27,28). The topological polar surface area (TPSA) is 69.9 Å². The number of rotatable bonds is 6. The van der Waals surface area contributed by atoms with Gasteiger partial charge in [0.25, 0.3) is 0 Å². The van der Waals surface area contributed by atoms with Gasteiger partial charge in [0, 0.05) is 11.9 Å². The van der Waals surface area contributed by atoms with E-state index in [1.165, 1.54) is 0 Å². The molecule has 166 valence electrons. The number of amides is 1. The molecule has 1 aliphatic rings. The van der Waals surface area contributed by atoms with E-state index in [4.69, 9.17) is 18.5 Å². The second-order valence-electron chi connectivity index (χ2n) is 8.94. The Bertz CT molecular complexity index is 1100. The zero-order valence-electron chi connectivity index (χ0n) is 18.9. The van der Waals surface area contributed by atoms with E-state index in [1.807, 2.05) is 88.4 Å². The molecule has 7 heteroatoms. The molecule has 1 fully saturated rings. The molecular weight excluding hydrogens is 405 g/mol. The zero-order chi connectivity index (χ0) is 22.8. The summed E-state index contributed by atoms with van der Waals surface area (Å²) >= 11 is 0. The number of carbonyl (C=O) groups excluding carboxylic acids is 1. The summed E-state index contributed by atoms with van der Waals surface area (Å²) in [4.78, 5) is 12.3. The van der Waals surface area contributed by atoms with Crippen LogP contribution in [-0.4, -0.2) is 31.0 Å². The van der Waals surface area contributed by atoms with Gasteiger partial charge in [0.2, 0.25) is 0 Å². The van der Waals surface area contributed by atoms with Crippen LogP contribution in [0.3, 0.4) is 0 Å². The van der Waals surface area contributed by atoms with E-state index in [-0.39, 0.29) is 13.2 Å². The summed E-state index contributed by atoms with van der Waals surface area (Å²) < 4.78 is 23.2. The van der Waals surface area contributed by atoms with E-state index in [0.29, 0.717) is 0 Å². The molecule has 0 saturated carbocycles. The quantitative estimate of drug-likeness (QED) is 0.529. The molecule has 1 saturated heterocycles. The van der Waals surface area contributed by atoms with Gasteiger partial charge in [-0.1, -0.05) is 42.5 Å². The average Bonchev–Trinajstić information content (AvgIpc) is 3.31. The molecular formula is C25H28BNO5. The van der Waals surface area contributed by atoms with E-state index >= 15 is 0 Å². The maximum atomic E-state index is 12.3. The highest BCUT2D eigenvalue weighted by molar-refractivity contribution is 6.56. The molecule has 4 rings (SSSR count). The Balaban J connectivity index is 1.50. The number of carbonyl (C=O) groups is 1. The molecule has 0 spiro atoms. The molecule has 0 bridgehead atoms. The van der Waals surface area contributed by atoms with Gasteiger partial charge in [-0.3, -0.25) is 0 Å². The molecule has 1 amide bonds. The van der Waals surface area contributed by atoms with Gasteiger partial charge in [0.1, 0.15) is 12.2 Å². The highest BCUT2D eigenvalue weighted by atomic mass is 16.7. The van der Waals surface area contributed by atoms with Crippen LogP contribution in [0, 0.1) is 0 Å². The van der Waals surface area contributed by atoms with Crippen molar-refractivity contribution in [2.75, 3.05) is 6.54 Å². The van der Waals surface area contributed by atoms with Gasteiger partial charge in [-0.15, -0.1) is 0 Å². The lowest BCUT2D eigenvalue weighted by Gasteiger charge is -2.32. The summed E-state index contributed by atoms with van der Waals surface area (Å²) in [6, 6.07) is 17.4. The molecule has 1 N–H and O–H groups in total. The minimum atomic E-state index is -0.588. The Labute approximate surface area is 188 Å². The van der Waals surface area contributed by atoms with E-state index in [1.54, 1.807) is 6.26 Å². The van der Waals surface area contributed by atoms with Crippen LogP contribution in [-0.2, 0) is 20.7 Å². The first-order valence-electron chi connectivity index (χ1n) is 10.7. The fraction of sp³-hybridized carbons (Fsp3) is 0.320. The number of hydrogen-bond acceptors (Lipinski definition) is 5. The molecule has 0 unspecified atom stereocenters. The van der Waals surface area contributed by atoms with Gasteiger partial charge >= 0.3 is 13.2 Å². The summed E-state index contributed by atoms with van der Waals surface area (Å²) in [6.45, 7) is 8.45. The predicted octanol–water partition coefficient (Wildman–Crippen LogP) is 5.37. The van der Waals surface area contributed by atoms with Gasteiger partial charge < -0.3 is 23.8 Å². The third-order valence-corrected chi connectivity index (χ3v) is 6.03. The highest BCUT2D eigenvalue weighted by Crippen LogP contribution is 2.38. The molecule has 0 atom stereocenters. The second-order valence-corrected chi connectivity index (χ2v) is 8.94. The minimum Gasteiger partial charge on any atom is -0.464 e. The Kier molecular flexibility index (Phi) is 6.13. The SMILES string of the molecule is CC1(C)OB(C(=Cc2ccc3occc3c2)CNC(=O)OCc2ccccc2)OC1(C)C. The molecule has 1 aliphatic heterocycles. The fourth-order valence-corrected chi connectivity index (χ4v) is 3.43. The van der Waals surface area contributed by atoms with Crippen LogP contribution in [0.25, 0.3) is 17.0 Å². The summed E-state index contributed by atoms with van der Waals surface area (Å²) in [6.07, 6.45) is 3.14. The van der Waals surface area contributed by atoms with Crippen molar-refractivity contribution in [3.8, 4) is 0 Å². The van der Waals surface area contributed by atoms with Crippen LogP contribution in [0.2, 0.25) is 0 Å². The summed E-state index contributed by atoms with van der Waals surface area (Å²) in [5.41, 5.74) is 2.53. The highest BCUT2D eigenvalue weighted by Gasteiger charge is 2.52. The fourth-order valence-electron chi connectivity index (χ4n) is 3.43. The van der Waals surface area contributed by atoms with E-state index in [9.17, 15) is 4.79 Å². The smallest absolute Gasteiger partial charge is 0.464 e. The average molecular weight is 433 g/mol. The Morgan fingerprint density at radius 2 is 1.75 bits per heavy atom. The van der Waals surface area contributed by atoms with Crippen molar-refractivity contribution in [1.82, 2.24) is 5.32 Å². The van der Waals surface area contributed by atoms with Crippen LogP contribution in [0.5, 0.6) is 0 Å². The first kappa shape index (κ1) is 22.2. The van der Waals surface area contributed by atoms with Crippen molar-refractivity contribution in [3.05, 3.63) is 77.5 Å². The summed E-state index contributed by atoms with van der Waals surface area (Å²) in [7, 11) is -0.588. The number of alkyl carbamates (subject to hydrolysis) is 1. The lowest BCUT2D eigenvalue weighted by molar-refractivity contribution is 0.00578. The van der Waals surface area contributed by atoms with Crippen LogP contribution < -0.4 is 5.32 Å². The van der Waals surface area contributed by atoms with Crippen LogP contribution in [0.4, 0.5) is 4.79 Å². The molecule has 0 radical (unpaired) electrons. The molecule has 3 aromatic rings. The van der Waals surface area contributed by atoms with Crippen molar-refractivity contribution < 1.29 is 23.3 Å². The molecule has 1 aromatic heterocycles. The molecule has 6 nitrogen and oxygen atoms in total. The first-order valence-corrected chi connectivity index (χ1v) is 10.7. The molecule has 2 heterocycles. The van der Waals surface area contributed by atoms with E-state index in [0.717, 1.165) is 27.6 Å². The maximum absolute atomic E-state index is 12.3. The number of ether oxygens (including phenoxy) is 1. The molecule has 2 aromatic carbocycles. The second kappa shape index (κ2) is 8.84. The van der Waals surface area contributed by atoms with E-state index < -0.39 is 24.4 Å². The summed E-state index contributed by atoms with van der Waals surface area (Å²) in [5.74, 6) is 0. The molecule has 32 heavy (non-hydrogen) atoms. The predicted molar refractivity (Wildman–Crippen MR) is 125 cm³/mol. The van der Waals surface area contributed by atoms with Gasteiger partial charge in [-0.25, -0.2) is 4.79 Å². The summed E-state index contributed by atoms with van der Waals surface area (Å²) in [5, 5.41) is 3.83. The largest absolute Gasteiger partial charge is 0.492 e. The zero-order valence-corrected chi connectivity index (χ0v) is 18.9. The van der Waals surface area contributed by atoms with Gasteiger partial charge in [0.15, 0.2) is 0 Å². The van der Waals surface area contributed by atoms with E-state index in [2.05, 4.69) is 5.32 Å². The number of furan rings is 1. The third-order valence-electron chi connectivity index (χ3n) is 6.03.